The molecule has 0 unspecified atom stereocenters. The van der Waals surface area contributed by atoms with Crippen molar-refractivity contribution in [3.8, 4) is 5.75 Å². The number of nitrogens with one attached hydrogen (secondary N) is 1. The van der Waals surface area contributed by atoms with Crippen molar-refractivity contribution in [2.75, 3.05) is 6.61 Å². The van der Waals surface area contributed by atoms with Crippen molar-refractivity contribution in [2.45, 2.75) is 13.8 Å². The number of fused-ring (bicyclic) bond motifs is 1. The first-order valence-electron chi connectivity index (χ1n) is 10.0. The van der Waals surface area contributed by atoms with E-state index in [2.05, 4.69) is 15.3 Å². The van der Waals surface area contributed by atoms with Gasteiger partial charge in [-0.05, 0) is 43.7 Å². The molecule has 172 valence electrons. The molecule has 0 bridgehead atoms. The van der Waals surface area contributed by atoms with Crippen LogP contribution in [-0.4, -0.2) is 33.4 Å². The number of aromatic nitrogens is 2. The van der Waals surface area contributed by atoms with Crippen LogP contribution in [0, 0.1) is 13.8 Å². The van der Waals surface area contributed by atoms with Crippen LogP contribution in [0.2, 0.25) is 0 Å². The van der Waals surface area contributed by atoms with Crippen molar-refractivity contribution in [3.63, 3.8) is 0 Å². The molecular formula is C23H18N4O7. The fourth-order valence-electron chi connectivity index (χ4n) is 3.28. The number of aromatic amines is 1. The summed E-state index contributed by atoms with van der Waals surface area (Å²) >= 11 is 0. The Labute approximate surface area is 190 Å². The highest BCUT2D eigenvalue weighted by molar-refractivity contribution is 5.93. The van der Waals surface area contributed by atoms with Crippen molar-refractivity contribution >= 4 is 34.2 Å². The molecule has 0 atom stereocenters. The van der Waals surface area contributed by atoms with Gasteiger partial charge in [0.05, 0.1) is 11.3 Å². The molecule has 34 heavy (non-hydrogen) atoms. The molecule has 11 heteroatoms. The fourth-order valence-corrected chi connectivity index (χ4v) is 3.28. The van der Waals surface area contributed by atoms with E-state index in [4.69, 9.17) is 9.15 Å². The number of rotatable bonds is 6. The van der Waals surface area contributed by atoms with Crippen LogP contribution in [0.4, 0.5) is 11.4 Å². The Morgan fingerprint density at radius 3 is 2.62 bits per heavy atom. The van der Waals surface area contributed by atoms with Crippen LogP contribution in [0.25, 0.3) is 11.0 Å². The Morgan fingerprint density at radius 1 is 1.09 bits per heavy atom. The number of hydrogen-bond donors (Lipinski definition) is 2. The lowest BCUT2D eigenvalue weighted by atomic mass is 10.1. The molecular weight excluding hydrogens is 444 g/mol. The predicted octanol–water partition coefficient (Wildman–Crippen LogP) is 3.73. The summed E-state index contributed by atoms with van der Waals surface area (Å²) in [6, 6.07) is 12.1. The molecule has 0 saturated carbocycles. The molecule has 2 aromatic heterocycles. The van der Waals surface area contributed by atoms with Gasteiger partial charge in [0, 0.05) is 17.5 Å². The normalized spacial score (nSPS) is 11.2. The first-order valence-corrected chi connectivity index (χ1v) is 10.0. The van der Waals surface area contributed by atoms with E-state index in [0.717, 1.165) is 15.6 Å². The van der Waals surface area contributed by atoms with Crippen molar-refractivity contribution < 1.29 is 23.8 Å². The third-order valence-corrected chi connectivity index (χ3v) is 4.97. The number of nitrogens with zero attached hydrogens (tertiary/aromatic N) is 3. The number of aryl methyl sites for hydroxylation is 2. The Balaban J connectivity index is 1.54. The van der Waals surface area contributed by atoms with E-state index in [0.29, 0.717) is 5.58 Å². The maximum Gasteiger partial charge on any atom is 0.337 e. The summed E-state index contributed by atoms with van der Waals surface area (Å²) in [5.41, 5.74) is -0.0985. The molecule has 2 heterocycles. The summed E-state index contributed by atoms with van der Waals surface area (Å²) in [7, 11) is 0. The van der Waals surface area contributed by atoms with Gasteiger partial charge in [-0.2, -0.15) is 4.68 Å². The second-order valence-electron chi connectivity index (χ2n) is 7.34. The van der Waals surface area contributed by atoms with Crippen LogP contribution in [0.1, 0.15) is 26.4 Å². The largest absolute Gasteiger partial charge is 0.484 e. The van der Waals surface area contributed by atoms with Gasteiger partial charge >= 0.3 is 17.2 Å². The van der Waals surface area contributed by atoms with E-state index in [9.17, 15) is 24.3 Å². The Kier molecular flexibility index (Phi) is 5.92. The molecule has 11 nitrogen and oxygen atoms in total. The molecule has 4 aromatic rings. The minimum Gasteiger partial charge on any atom is -0.484 e. The maximum absolute atomic E-state index is 12.7. The summed E-state index contributed by atoms with van der Waals surface area (Å²) in [4.78, 5) is 48.1. The highest BCUT2D eigenvalue weighted by Crippen LogP contribution is 2.23. The fraction of sp³-hybridized carbons (Fsp3) is 0.130. The summed E-state index contributed by atoms with van der Waals surface area (Å²) in [5.74, 6) is -1.62. The van der Waals surface area contributed by atoms with Crippen LogP contribution in [0.3, 0.4) is 0 Å². The van der Waals surface area contributed by atoms with E-state index in [1.54, 1.807) is 31.2 Å². The van der Waals surface area contributed by atoms with Crippen molar-refractivity contribution in [3.05, 3.63) is 86.1 Å². The molecule has 0 aliphatic rings. The van der Waals surface area contributed by atoms with Gasteiger partial charge in [-0.1, -0.05) is 12.1 Å². The first-order chi connectivity index (χ1) is 16.2. The third kappa shape index (κ3) is 4.39. The standard InChI is InChI=1S/C23H18N4O7/c1-12-9-20(29)34-18-10-14(7-8-15(12)18)33-11-19(28)27-22(30)21(13(2)26-27)25-24-17-6-4-3-5-16(17)23(31)32/h3-10,26H,11H2,1-2H3,(H,31,32). The number of carboxylic acids is 1. The minimum atomic E-state index is -1.19. The highest BCUT2D eigenvalue weighted by atomic mass is 16.5. The zero-order chi connectivity index (χ0) is 24.4. The molecule has 0 amide bonds. The third-order valence-electron chi connectivity index (χ3n) is 4.97. The smallest absolute Gasteiger partial charge is 0.337 e. The Morgan fingerprint density at radius 2 is 1.85 bits per heavy atom. The van der Waals surface area contributed by atoms with Crippen molar-refractivity contribution in [1.82, 2.24) is 9.78 Å². The van der Waals surface area contributed by atoms with E-state index < -0.39 is 29.7 Å². The van der Waals surface area contributed by atoms with E-state index in [1.165, 1.54) is 31.2 Å². The quantitative estimate of drug-likeness (QED) is 0.326. The van der Waals surface area contributed by atoms with Gasteiger partial charge in [0.25, 0.3) is 5.91 Å². The first kappa shape index (κ1) is 22.4. The van der Waals surface area contributed by atoms with Gasteiger partial charge in [0.2, 0.25) is 0 Å². The number of carbonyl (C=O) groups excluding carboxylic acids is 1. The Hall–Kier alpha value is -4.80. The molecule has 0 aliphatic carbocycles. The number of benzene rings is 2. The molecule has 0 radical (unpaired) electrons. The summed E-state index contributed by atoms with van der Waals surface area (Å²) in [6.07, 6.45) is 0. The second-order valence-corrected chi connectivity index (χ2v) is 7.34. The summed E-state index contributed by atoms with van der Waals surface area (Å²) < 4.78 is 11.4. The van der Waals surface area contributed by atoms with E-state index in [1.807, 2.05) is 0 Å². The molecule has 0 aliphatic heterocycles. The van der Waals surface area contributed by atoms with Gasteiger partial charge in [-0.3, -0.25) is 14.7 Å². The summed E-state index contributed by atoms with van der Waals surface area (Å²) in [5, 5.41) is 20.3. The zero-order valence-corrected chi connectivity index (χ0v) is 18.1. The molecule has 0 fully saturated rings. The zero-order valence-electron chi connectivity index (χ0n) is 18.1. The maximum atomic E-state index is 12.7. The Bertz CT molecular complexity index is 1580. The van der Waals surface area contributed by atoms with E-state index >= 15 is 0 Å². The summed E-state index contributed by atoms with van der Waals surface area (Å²) in [6.45, 7) is 2.81. The van der Waals surface area contributed by atoms with Gasteiger partial charge in [0.15, 0.2) is 12.3 Å². The topological polar surface area (TPSA) is 156 Å². The number of H-pyrrole nitrogens is 1. The van der Waals surface area contributed by atoms with Crippen LogP contribution >= 0.6 is 0 Å². The number of hydrogen-bond acceptors (Lipinski definition) is 8. The average Bonchev–Trinajstić information content (AvgIpc) is 3.09. The van der Waals surface area contributed by atoms with Crippen LogP contribution in [0.15, 0.2) is 72.8 Å². The van der Waals surface area contributed by atoms with Crippen molar-refractivity contribution in [1.29, 1.82) is 0 Å². The number of azo groups is 1. The molecule has 2 aromatic carbocycles. The predicted molar refractivity (Wildman–Crippen MR) is 121 cm³/mol. The SMILES string of the molecule is Cc1[nH]n(C(=O)COc2ccc3c(C)cc(=O)oc3c2)c(=O)c1N=Nc1ccccc1C(=O)O. The monoisotopic (exact) mass is 462 g/mol. The second kappa shape index (κ2) is 8.98. The molecule has 2 N–H and O–H groups in total. The number of aromatic carboxylic acids is 1. The number of carboxylic acid groups (broad SMARTS) is 1. The van der Waals surface area contributed by atoms with Gasteiger partial charge in [-0.25, -0.2) is 9.59 Å². The lowest BCUT2D eigenvalue weighted by molar-refractivity contribution is 0.0697. The van der Waals surface area contributed by atoms with Crippen LogP contribution in [-0.2, 0) is 0 Å². The molecule has 4 rings (SSSR count). The number of ether oxygens (including phenoxy) is 1. The lowest BCUT2D eigenvalue weighted by Crippen LogP contribution is -2.29. The van der Waals surface area contributed by atoms with Gasteiger partial charge in [-0.15, -0.1) is 10.2 Å². The van der Waals surface area contributed by atoms with Gasteiger partial charge < -0.3 is 14.3 Å². The average molecular weight is 462 g/mol. The lowest BCUT2D eigenvalue weighted by Gasteiger charge is -2.07. The van der Waals surface area contributed by atoms with Crippen molar-refractivity contribution in [2.24, 2.45) is 10.2 Å². The van der Waals surface area contributed by atoms with Crippen LogP contribution in [0.5, 0.6) is 5.75 Å². The van der Waals surface area contributed by atoms with Crippen LogP contribution < -0.4 is 15.9 Å². The van der Waals surface area contributed by atoms with E-state index in [-0.39, 0.29) is 28.4 Å². The number of carbonyl (C=O) groups is 2. The minimum absolute atomic E-state index is 0.0643. The molecule has 0 spiro atoms. The highest BCUT2D eigenvalue weighted by Gasteiger charge is 2.17. The molecule has 0 saturated heterocycles. The van der Waals surface area contributed by atoms with Gasteiger partial charge in [0.1, 0.15) is 17.0 Å².